The van der Waals surface area contributed by atoms with Crippen LogP contribution in [0.2, 0.25) is 0 Å². The standard InChI is InChI=1S/C13H22O4/c1-9-5-4-6-12(7-16-10(2)14)13(9)8-17-11(3)15/h9,12-13H,4-8H2,1-3H3/t9-,12+,13+/m0/s1. The molecule has 1 aliphatic rings. The maximum Gasteiger partial charge on any atom is 0.302 e. The summed E-state index contributed by atoms with van der Waals surface area (Å²) in [4.78, 5) is 21.7. The fourth-order valence-electron chi connectivity index (χ4n) is 2.54. The maximum atomic E-state index is 10.9. The van der Waals surface area contributed by atoms with E-state index in [2.05, 4.69) is 6.92 Å². The number of carbonyl (C=O) groups excluding carboxylic acids is 2. The second-order valence-corrected chi connectivity index (χ2v) is 4.94. The molecule has 0 unspecified atom stereocenters. The van der Waals surface area contributed by atoms with Gasteiger partial charge in [-0.1, -0.05) is 19.8 Å². The first kappa shape index (κ1) is 14.0. The highest BCUT2D eigenvalue weighted by molar-refractivity contribution is 5.66. The lowest BCUT2D eigenvalue weighted by Crippen LogP contribution is -2.34. The number of rotatable bonds is 4. The summed E-state index contributed by atoms with van der Waals surface area (Å²) in [6, 6.07) is 0. The molecule has 1 rings (SSSR count). The zero-order valence-electron chi connectivity index (χ0n) is 10.9. The Balaban J connectivity index is 2.50. The Morgan fingerprint density at radius 2 is 1.65 bits per heavy atom. The number of carbonyl (C=O) groups is 2. The normalized spacial score (nSPS) is 28.5. The Labute approximate surface area is 103 Å². The average Bonchev–Trinajstić information content (AvgIpc) is 2.24. The van der Waals surface area contributed by atoms with Gasteiger partial charge in [-0.05, 0) is 18.3 Å². The van der Waals surface area contributed by atoms with Crippen molar-refractivity contribution in [3.63, 3.8) is 0 Å². The molecule has 17 heavy (non-hydrogen) atoms. The molecule has 0 N–H and O–H groups in total. The van der Waals surface area contributed by atoms with Crippen molar-refractivity contribution in [2.24, 2.45) is 17.8 Å². The van der Waals surface area contributed by atoms with Crippen LogP contribution in [0.3, 0.4) is 0 Å². The van der Waals surface area contributed by atoms with E-state index in [1.807, 2.05) is 0 Å². The molecule has 1 fully saturated rings. The van der Waals surface area contributed by atoms with Crippen LogP contribution >= 0.6 is 0 Å². The van der Waals surface area contributed by atoms with Crippen molar-refractivity contribution < 1.29 is 19.1 Å². The van der Waals surface area contributed by atoms with Gasteiger partial charge in [-0.15, -0.1) is 0 Å². The van der Waals surface area contributed by atoms with E-state index >= 15 is 0 Å². The number of hydrogen-bond acceptors (Lipinski definition) is 4. The van der Waals surface area contributed by atoms with E-state index in [-0.39, 0.29) is 11.9 Å². The van der Waals surface area contributed by atoms with Gasteiger partial charge < -0.3 is 9.47 Å². The zero-order chi connectivity index (χ0) is 12.8. The van der Waals surface area contributed by atoms with E-state index in [1.165, 1.54) is 13.8 Å². The lowest BCUT2D eigenvalue weighted by Gasteiger charge is -2.35. The van der Waals surface area contributed by atoms with Gasteiger partial charge in [0.1, 0.15) is 0 Å². The summed E-state index contributed by atoms with van der Waals surface area (Å²) < 4.78 is 10.2. The highest BCUT2D eigenvalue weighted by Crippen LogP contribution is 2.35. The molecule has 0 saturated heterocycles. The van der Waals surface area contributed by atoms with E-state index in [1.54, 1.807) is 0 Å². The highest BCUT2D eigenvalue weighted by Gasteiger charge is 2.32. The summed E-state index contributed by atoms with van der Waals surface area (Å²) in [5, 5.41) is 0. The molecule has 0 heterocycles. The van der Waals surface area contributed by atoms with Gasteiger partial charge >= 0.3 is 11.9 Å². The summed E-state index contributed by atoms with van der Waals surface area (Å²) >= 11 is 0. The van der Waals surface area contributed by atoms with Crippen molar-refractivity contribution in [1.29, 1.82) is 0 Å². The van der Waals surface area contributed by atoms with Crippen molar-refractivity contribution >= 4 is 11.9 Å². The summed E-state index contributed by atoms with van der Waals surface area (Å²) in [7, 11) is 0. The summed E-state index contributed by atoms with van der Waals surface area (Å²) in [5.74, 6) is 0.668. The summed E-state index contributed by atoms with van der Waals surface area (Å²) in [6.45, 7) is 5.92. The highest BCUT2D eigenvalue weighted by atomic mass is 16.5. The average molecular weight is 242 g/mol. The number of esters is 2. The van der Waals surface area contributed by atoms with E-state index in [0.717, 1.165) is 19.3 Å². The first-order chi connectivity index (χ1) is 8.00. The molecule has 0 aromatic carbocycles. The number of hydrogen-bond donors (Lipinski definition) is 0. The molecule has 98 valence electrons. The van der Waals surface area contributed by atoms with Crippen LogP contribution < -0.4 is 0 Å². The molecule has 1 saturated carbocycles. The molecule has 3 atom stereocenters. The van der Waals surface area contributed by atoms with E-state index in [0.29, 0.717) is 31.0 Å². The van der Waals surface area contributed by atoms with Crippen LogP contribution in [0.15, 0.2) is 0 Å². The SMILES string of the molecule is CC(=O)OC[C@H]1CCC[C@H](C)[C@H]1COC(C)=O. The molecule has 4 heteroatoms. The maximum absolute atomic E-state index is 10.9. The largest absolute Gasteiger partial charge is 0.466 e. The van der Waals surface area contributed by atoms with E-state index in [9.17, 15) is 9.59 Å². The Hall–Kier alpha value is -1.06. The zero-order valence-corrected chi connectivity index (χ0v) is 10.9. The van der Waals surface area contributed by atoms with Crippen LogP contribution in [0.25, 0.3) is 0 Å². The van der Waals surface area contributed by atoms with Gasteiger partial charge in [0.25, 0.3) is 0 Å². The third-order valence-corrected chi connectivity index (χ3v) is 3.55. The van der Waals surface area contributed by atoms with Gasteiger partial charge in [0, 0.05) is 19.8 Å². The van der Waals surface area contributed by atoms with Gasteiger partial charge in [-0.25, -0.2) is 0 Å². The predicted molar refractivity (Wildman–Crippen MR) is 63.3 cm³/mol. The third-order valence-electron chi connectivity index (χ3n) is 3.55. The third kappa shape index (κ3) is 4.75. The van der Waals surface area contributed by atoms with Crippen molar-refractivity contribution in [1.82, 2.24) is 0 Å². The summed E-state index contributed by atoms with van der Waals surface area (Å²) in [5.41, 5.74) is 0. The first-order valence-corrected chi connectivity index (χ1v) is 6.27. The van der Waals surface area contributed by atoms with Crippen LogP contribution in [0.5, 0.6) is 0 Å². The molecular weight excluding hydrogens is 220 g/mol. The molecule has 0 amide bonds. The smallest absolute Gasteiger partial charge is 0.302 e. The Bertz CT molecular complexity index is 275. The van der Waals surface area contributed by atoms with Crippen LogP contribution in [-0.4, -0.2) is 25.2 Å². The first-order valence-electron chi connectivity index (χ1n) is 6.27. The van der Waals surface area contributed by atoms with Gasteiger partial charge in [-0.3, -0.25) is 9.59 Å². The minimum absolute atomic E-state index is 0.241. The number of ether oxygens (including phenoxy) is 2. The summed E-state index contributed by atoms with van der Waals surface area (Å²) in [6.07, 6.45) is 3.36. The molecule has 0 aromatic heterocycles. The fraction of sp³-hybridized carbons (Fsp3) is 0.846. The topological polar surface area (TPSA) is 52.6 Å². The monoisotopic (exact) mass is 242 g/mol. The van der Waals surface area contributed by atoms with Crippen molar-refractivity contribution in [2.75, 3.05) is 13.2 Å². The minimum Gasteiger partial charge on any atom is -0.466 e. The molecule has 0 spiro atoms. The van der Waals surface area contributed by atoms with Crippen molar-refractivity contribution in [3.8, 4) is 0 Å². The minimum atomic E-state index is -0.242. The molecule has 4 nitrogen and oxygen atoms in total. The predicted octanol–water partition coefficient (Wildman–Crippen LogP) is 2.17. The van der Waals surface area contributed by atoms with Crippen LogP contribution in [-0.2, 0) is 19.1 Å². The lowest BCUT2D eigenvalue weighted by molar-refractivity contribution is -0.148. The molecule has 0 bridgehead atoms. The molecule has 1 aliphatic carbocycles. The molecular formula is C13H22O4. The Kier molecular flexibility index (Phi) is 5.45. The van der Waals surface area contributed by atoms with E-state index in [4.69, 9.17) is 9.47 Å². The van der Waals surface area contributed by atoms with Crippen LogP contribution in [0.1, 0.15) is 40.0 Å². The Morgan fingerprint density at radius 3 is 2.24 bits per heavy atom. The van der Waals surface area contributed by atoms with Crippen LogP contribution in [0.4, 0.5) is 0 Å². The molecule has 0 aromatic rings. The van der Waals surface area contributed by atoms with Gasteiger partial charge in [0.05, 0.1) is 13.2 Å². The van der Waals surface area contributed by atoms with Gasteiger partial charge in [0.2, 0.25) is 0 Å². The Morgan fingerprint density at radius 1 is 1.06 bits per heavy atom. The van der Waals surface area contributed by atoms with Crippen molar-refractivity contribution in [2.45, 2.75) is 40.0 Å². The quantitative estimate of drug-likeness (QED) is 0.709. The van der Waals surface area contributed by atoms with Gasteiger partial charge in [0.15, 0.2) is 0 Å². The molecule has 0 aliphatic heterocycles. The lowest BCUT2D eigenvalue weighted by atomic mass is 9.73. The van der Waals surface area contributed by atoms with E-state index < -0.39 is 0 Å². The van der Waals surface area contributed by atoms with Crippen molar-refractivity contribution in [3.05, 3.63) is 0 Å². The fourth-order valence-corrected chi connectivity index (χ4v) is 2.54. The van der Waals surface area contributed by atoms with Gasteiger partial charge in [-0.2, -0.15) is 0 Å². The van der Waals surface area contributed by atoms with Crippen LogP contribution in [0, 0.1) is 17.8 Å². The molecule has 0 radical (unpaired) electrons. The second-order valence-electron chi connectivity index (χ2n) is 4.94. The second kappa shape index (κ2) is 6.62.